The lowest BCUT2D eigenvalue weighted by atomic mass is 9.78. The minimum absolute atomic E-state index is 0. The summed E-state index contributed by atoms with van der Waals surface area (Å²) in [4.78, 5) is 12.8. The van der Waals surface area contributed by atoms with Crippen LogP contribution in [0, 0.1) is 5.41 Å². The monoisotopic (exact) mass is 397 g/mol. The maximum atomic E-state index is 12.8. The molecule has 0 unspecified atom stereocenters. The number of ether oxygens (including phenoxy) is 1. The molecule has 9 heteroatoms. The molecule has 0 saturated carbocycles. The van der Waals surface area contributed by atoms with Gasteiger partial charge < -0.3 is 15.4 Å². The van der Waals surface area contributed by atoms with Gasteiger partial charge in [0.2, 0.25) is 15.9 Å². The van der Waals surface area contributed by atoms with Crippen LogP contribution in [-0.4, -0.2) is 70.3 Å². The summed E-state index contributed by atoms with van der Waals surface area (Å²) >= 11 is 0. The fraction of sp³-hybridized carbons (Fsp3) is 0.938. The second kappa shape index (κ2) is 10.1. The summed E-state index contributed by atoms with van der Waals surface area (Å²) in [6, 6.07) is 0.0502. The highest BCUT2D eigenvalue weighted by atomic mass is 35.5. The van der Waals surface area contributed by atoms with Gasteiger partial charge in [-0.2, -0.15) is 0 Å². The van der Waals surface area contributed by atoms with Crippen molar-refractivity contribution in [1.29, 1.82) is 0 Å². The molecule has 2 heterocycles. The Balaban J connectivity index is 0.00000312. The zero-order valence-electron chi connectivity index (χ0n) is 15.3. The van der Waals surface area contributed by atoms with Gasteiger partial charge in [-0.1, -0.05) is 6.92 Å². The average Bonchev–Trinajstić information content (AvgIpc) is 2.56. The number of hydrogen-bond donors (Lipinski definition) is 2. The van der Waals surface area contributed by atoms with Gasteiger partial charge in [-0.3, -0.25) is 4.79 Å². The van der Waals surface area contributed by atoms with Crippen molar-refractivity contribution in [2.75, 3.05) is 45.6 Å². The van der Waals surface area contributed by atoms with Gasteiger partial charge in [0.1, 0.15) is 0 Å². The van der Waals surface area contributed by atoms with Gasteiger partial charge in [0.05, 0.1) is 17.8 Å². The Morgan fingerprint density at radius 2 is 1.88 bits per heavy atom. The van der Waals surface area contributed by atoms with Gasteiger partial charge in [0.25, 0.3) is 0 Å². The van der Waals surface area contributed by atoms with Crippen molar-refractivity contribution in [3.8, 4) is 0 Å². The number of carbonyl (C=O) groups excluding carboxylic acids is 1. The quantitative estimate of drug-likeness (QED) is 0.661. The van der Waals surface area contributed by atoms with Gasteiger partial charge in [0.15, 0.2) is 0 Å². The molecule has 2 aliphatic rings. The molecule has 0 spiro atoms. The van der Waals surface area contributed by atoms with Crippen molar-refractivity contribution in [2.45, 2.75) is 45.1 Å². The van der Waals surface area contributed by atoms with E-state index in [1.165, 1.54) is 0 Å². The van der Waals surface area contributed by atoms with E-state index in [1.807, 2.05) is 6.92 Å². The molecule has 7 nitrogen and oxygen atoms in total. The number of nitrogens with one attached hydrogen (secondary N) is 2. The molecule has 0 aromatic rings. The maximum absolute atomic E-state index is 12.8. The first kappa shape index (κ1) is 22.6. The van der Waals surface area contributed by atoms with E-state index in [1.54, 1.807) is 11.4 Å². The van der Waals surface area contributed by atoms with E-state index in [9.17, 15) is 13.2 Å². The molecule has 2 rings (SSSR count). The molecule has 1 amide bonds. The molecule has 2 aliphatic heterocycles. The SMILES string of the molecule is CCCS(=O)(=O)N1CCC(NC(=O)C2(COC)CCNCC2)CC1.Cl. The van der Waals surface area contributed by atoms with Crippen LogP contribution in [0.25, 0.3) is 0 Å². The van der Waals surface area contributed by atoms with Crippen molar-refractivity contribution >= 4 is 28.3 Å². The summed E-state index contributed by atoms with van der Waals surface area (Å²) in [7, 11) is -1.50. The number of rotatable bonds is 7. The molecular formula is C16H32ClN3O4S. The van der Waals surface area contributed by atoms with Crippen molar-refractivity contribution in [3.63, 3.8) is 0 Å². The second-order valence-electron chi connectivity index (χ2n) is 6.93. The van der Waals surface area contributed by atoms with E-state index < -0.39 is 15.4 Å². The molecule has 0 bridgehead atoms. The van der Waals surface area contributed by atoms with Gasteiger partial charge in [-0.25, -0.2) is 12.7 Å². The highest BCUT2D eigenvalue weighted by molar-refractivity contribution is 7.89. The van der Waals surface area contributed by atoms with Crippen LogP contribution in [0.3, 0.4) is 0 Å². The molecular weight excluding hydrogens is 366 g/mol. The fourth-order valence-corrected chi connectivity index (χ4v) is 5.16. The van der Waals surface area contributed by atoms with Crippen LogP contribution in [0.15, 0.2) is 0 Å². The zero-order valence-corrected chi connectivity index (χ0v) is 16.9. The van der Waals surface area contributed by atoms with Crippen LogP contribution in [0.4, 0.5) is 0 Å². The Morgan fingerprint density at radius 3 is 2.40 bits per heavy atom. The summed E-state index contributed by atoms with van der Waals surface area (Å²) in [6.45, 7) is 4.94. The fourth-order valence-electron chi connectivity index (χ4n) is 3.62. The van der Waals surface area contributed by atoms with Crippen LogP contribution in [0.1, 0.15) is 39.0 Å². The third kappa shape index (κ3) is 5.79. The average molecular weight is 398 g/mol. The molecule has 148 valence electrons. The molecule has 2 fully saturated rings. The van der Waals surface area contributed by atoms with Crippen molar-refractivity contribution in [2.24, 2.45) is 5.41 Å². The van der Waals surface area contributed by atoms with Crippen LogP contribution in [-0.2, 0) is 19.6 Å². The molecule has 2 saturated heterocycles. The Kier molecular flexibility index (Phi) is 9.11. The molecule has 0 radical (unpaired) electrons. The number of amides is 1. The van der Waals surface area contributed by atoms with E-state index in [-0.39, 0.29) is 30.1 Å². The summed E-state index contributed by atoms with van der Waals surface area (Å²) in [5, 5.41) is 6.43. The van der Waals surface area contributed by atoms with Crippen molar-refractivity contribution in [1.82, 2.24) is 14.9 Å². The summed E-state index contributed by atoms with van der Waals surface area (Å²) < 4.78 is 31.1. The molecule has 0 aliphatic carbocycles. The number of carbonyl (C=O) groups is 1. The highest BCUT2D eigenvalue weighted by Crippen LogP contribution is 2.30. The number of nitrogens with zero attached hydrogens (tertiary/aromatic N) is 1. The van der Waals surface area contributed by atoms with Crippen LogP contribution in [0.2, 0.25) is 0 Å². The normalized spacial score (nSPS) is 22.2. The third-order valence-electron chi connectivity index (χ3n) is 5.11. The predicted molar refractivity (Wildman–Crippen MR) is 100 cm³/mol. The van der Waals surface area contributed by atoms with Crippen LogP contribution < -0.4 is 10.6 Å². The number of sulfonamides is 1. The van der Waals surface area contributed by atoms with Gasteiger partial charge >= 0.3 is 0 Å². The van der Waals surface area contributed by atoms with Crippen LogP contribution >= 0.6 is 12.4 Å². The van der Waals surface area contributed by atoms with E-state index in [0.717, 1.165) is 25.9 Å². The predicted octanol–water partition coefficient (Wildman–Crippen LogP) is 0.745. The Morgan fingerprint density at radius 1 is 1.28 bits per heavy atom. The Hall–Kier alpha value is -0.410. The largest absolute Gasteiger partial charge is 0.384 e. The molecule has 0 aromatic carbocycles. The minimum atomic E-state index is -3.13. The molecule has 0 aromatic heterocycles. The smallest absolute Gasteiger partial charge is 0.228 e. The summed E-state index contributed by atoms with van der Waals surface area (Å²) in [5.74, 6) is 0.259. The first-order valence-electron chi connectivity index (χ1n) is 8.92. The summed E-state index contributed by atoms with van der Waals surface area (Å²) in [5.41, 5.74) is -0.453. The van der Waals surface area contributed by atoms with Crippen molar-refractivity contribution < 1.29 is 17.9 Å². The van der Waals surface area contributed by atoms with Crippen molar-refractivity contribution in [3.05, 3.63) is 0 Å². The Bertz CT molecular complexity index is 510. The number of methoxy groups -OCH3 is 1. The summed E-state index contributed by atoms with van der Waals surface area (Å²) in [6.07, 6.45) is 3.53. The second-order valence-corrected chi connectivity index (χ2v) is 9.01. The van der Waals surface area contributed by atoms with Gasteiger partial charge in [-0.05, 0) is 45.2 Å². The van der Waals surface area contributed by atoms with E-state index in [2.05, 4.69) is 10.6 Å². The Labute approximate surface area is 157 Å². The van der Waals surface area contributed by atoms with E-state index in [4.69, 9.17) is 4.74 Å². The highest BCUT2D eigenvalue weighted by Gasteiger charge is 2.41. The zero-order chi connectivity index (χ0) is 17.6. The van der Waals surface area contributed by atoms with Gasteiger partial charge in [-0.15, -0.1) is 12.4 Å². The molecule has 25 heavy (non-hydrogen) atoms. The molecule has 2 N–H and O–H groups in total. The van der Waals surface area contributed by atoms with Gasteiger partial charge in [0, 0.05) is 26.2 Å². The van der Waals surface area contributed by atoms with E-state index >= 15 is 0 Å². The number of piperidine rings is 2. The lowest BCUT2D eigenvalue weighted by molar-refractivity contribution is -0.137. The lowest BCUT2D eigenvalue weighted by Crippen LogP contribution is -2.54. The van der Waals surface area contributed by atoms with E-state index in [0.29, 0.717) is 39.0 Å². The maximum Gasteiger partial charge on any atom is 0.228 e. The van der Waals surface area contributed by atoms with Crippen LogP contribution in [0.5, 0.6) is 0 Å². The first-order valence-corrected chi connectivity index (χ1v) is 10.5. The topological polar surface area (TPSA) is 87.7 Å². The molecule has 0 atom stereocenters. The number of halogens is 1. The standard InChI is InChI=1S/C16H31N3O4S.ClH/c1-3-12-24(21,22)19-10-4-14(5-11-19)18-15(20)16(13-23-2)6-8-17-9-7-16;/h14,17H,3-13H2,1-2H3,(H,18,20);1H. The third-order valence-corrected chi connectivity index (χ3v) is 7.18. The minimum Gasteiger partial charge on any atom is -0.384 e. The first-order chi connectivity index (χ1) is 11.4. The number of hydrogen-bond acceptors (Lipinski definition) is 5. The lowest BCUT2D eigenvalue weighted by Gasteiger charge is -2.38.